The van der Waals surface area contributed by atoms with Crippen molar-refractivity contribution >= 4 is 0 Å². The summed E-state index contributed by atoms with van der Waals surface area (Å²) in [6.07, 6.45) is 0.925. The molecule has 2 aromatic rings. The summed E-state index contributed by atoms with van der Waals surface area (Å²) in [6, 6.07) is 17.8. The maximum Gasteiger partial charge on any atom is 0.127 e. The first kappa shape index (κ1) is 11.7. The fourth-order valence-corrected chi connectivity index (χ4v) is 1.67. The van der Waals surface area contributed by atoms with E-state index in [0.29, 0.717) is 0 Å². The standard InChI is InChI=1S/C15H17NO/c1-2-15(16)12-7-6-10-14(11-12)17-13-8-4-3-5-9-13/h3-11,15H,2,16H2,1H3/t15-/m0/s1. The van der Waals surface area contributed by atoms with Crippen LogP contribution in [0.25, 0.3) is 0 Å². The number of hydrogen-bond acceptors (Lipinski definition) is 2. The second-order valence-corrected chi connectivity index (χ2v) is 4.00. The lowest BCUT2D eigenvalue weighted by atomic mass is 10.1. The Morgan fingerprint density at radius 2 is 1.71 bits per heavy atom. The minimum absolute atomic E-state index is 0.0781. The van der Waals surface area contributed by atoms with Crippen LogP contribution in [0.5, 0.6) is 11.5 Å². The van der Waals surface area contributed by atoms with Gasteiger partial charge in [-0.15, -0.1) is 0 Å². The van der Waals surface area contributed by atoms with Crippen LogP contribution in [0, 0.1) is 0 Å². The van der Waals surface area contributed by atoms with Crippen molar-refractivity contribution in [1.29, 1.82) is 0 Å². The number of benzene rings is 2. The van der Waals surface area contributed by atoms with Gasteiger partial charge in [0.15, 0.2) is 0 Å². The van der Waals surface area contributed by atoms with Crippen molar-refractivity contribution in [2.75, 3.05) is 0 Å². The van der Waals surface area contributed by atoms with Gasteiger partial charge >= 0.3 is 0 Å². The van der Waals surface area contributed by atoms with Crippen molar-refractivity contribution in [2.24, 2.45) is 5.73 Å². The topological polar surface area (TPSA) is 35.2 Å². The molecular formula is C15H17NO. The maximum atomic E-state index is 6.00. The van der Waals surface area contributed by atoms with Gasteiger partial charge in [0.25, 0.3) is 0 Å². The predicted molar refractivity (Wildman–Crippen MR) is 70.2 cm³/mol. The van der Waals surface area contributed by atoms with E-state index in [2.05, 4.69) is 6.92 Å². The Morgan fingerprint density at radius 1 is 1.00 bits per heavy atom. The van der Waals surface area contributed by atoms with Gasteiger partial charge in [-0.2, -0.15) is 0 Å². The number of para-hydroxylation sites is 1. The van der Waals surface area contributed by atoms with E-state index in [9.17, 15) is 0 Å². The molecule has 0 saturated carbocycles. The molecule has 2 nitrogen and oxygen atoms in total. The molecule has 2 aromatic carbocycles. The minimum atomic E-state index is 0.0781. The second-order valence-electron chi connectivity index (χ2n) is 4.00. The van der Waals surface area contributed by atoms with Gasteiger partial charge in [-0.1, -0.05) is 37.3 Å². The van der Waals surface area contributed by atoms with Crippen molar-refractivity contribution in [2.45, 2.75) is 19.4 Å². The molecular weight excluding hydrogens is 210 g/mol. The fraction of sp³-hybridized carbons (Fsp3) is 0.200. The minimum Gasteiger partial charge on any atom is -0.457 e. The summed E-state index contributed by atoms with van der Waals surface area (Å²) in [4.78, 5) is 0. The summed E-state index contributed by atoms with van der Waals surface area (Å²) >= 11 is 0. The monoisotopic (exact) mass is 227 g/mol. The number of nitrogens with two attached hydrogens (primary N) is 1. The highest BCUT2D eigenvalue weighted by Crippen LogP contribution is 2.24. The molecule has 88 valence electrons. The van der Waals surface area contributed by atoms with E-state index in [-0.39, 0.29) is 6.04 Å². The molecule has 0 heterocycles. The van der Waals surface area contributed by atoms with Crippen LogP contribution >= 0.6 is 0 Å². The van der Waals surface area contributed by atoms with Gasteiger partial charge in [-0.05, 0) is 36.2 Å². The van der Waals surface area contributed by atoms with Crippen LogP contribution in [-0.4, -0.2) is 0 Å². The van der Waals surface area contributed by atoms with Crippen LogP contribution in [0.4, 0.5) is 0 Å². The van der Waals surface area contributed by atoms with E-state index >= 15 is 0 Å². The molecule has 1 atom stereocenters. The van der Waals surface area contributed by atoms with Gasteiger partial charge in [0.2, 0.25) is 0 Å². The highest BCUT2D eigenvalue weighted by atomic mass is 16.5. The Bertz CT molecular complexity index is 467. The van der Waals surface area contributed by atoms with Gasteiger partial charge in [0.1, 0.15) is 11.5 Å². The van der Waals surface area contributed by atoms with Crippen LogP contribution < -0.4 is 10.5 Å². The first-order valence-electron chi connectivity index (χ1n) is 5.88. The predicted octanol–water partition coefficient (Wildman–Crippen LogP) is 3.89. The molecule has 17 heavy (non-hydrogen) atoms. The van der Waals surface area contributed by atoms with E-state index in [1.807, 2.05) is 54.6 Å². The molecule has 0 aliphatic heterocycles. The average Bonchev–Trinajstić information content (AvgIpc) is 2.39. The van der Waals surface area contributed by atoms with Crippen LogP contribution in [-0.2, 0) is 0 Å². The van der Waals surface area contributed by atoms with E-state index in [4.69, 9.17) is 10.5 Å². The van der Waals surface area contributed by atoms with Gasteiger partial charge in [-0.25, -0.2) is 0 Å². The molecule has 0 saturated heterocycles. The molecule has 2 N–H and O–H groups in total. The van der Waals surface area contributed by atoms with Crippen molar-refractivity contribution < 1.29 is 4.74 Å². The van der Waals surface area contributed by atoms with Crippen molar-refractivity contribution in [3.8, 4) is 11.5 Å². The molecule has 0 spiro atoms. The van der Waals surface area contributed by atoms with Crippen molar-refractivity contribution in [3.05, 3.63) is 60.2 Å². The Kier molecular flexibility index (Phi) is 3.78. The SMILES string of the molecule is CC[C@H](N)c1cccc(Oc2ccccc2)c1. The van der Waals surface area contributed by atoms with Gasteiger partial charge in [0.05, 0.1) is 0 Å². The zero-order chi connectivity index (χ0) is 12.1. The average molecular weight is 227 g/mol. The molecule has 0 aromatic heterocycles. The quantitative estimate of drug-likeness (QED) is 0.860. The third-order valence-corrected chi connectivity index (χ3v) is 2.70. The highest BCUT2D eigenvalue weighted by molar-refractivity contribution is 5.34. The Morgan fingerprint density at radius 3 is 2.41 bits per heavy atom. The zero-order valence-corrected chi connectivity index (χ0v) is 9.97. The van der Waals surface area contributed by atoms with Crippen molar-refractivity contribution in [1.82, 2.24) is 0 Å². The molecule has 0 bridgehead atoms. The summed E-state index contributed by atoms with van der Waals surface area (Å²) < 4.78 is 5.76. The fourth-order valence-electron chi connectivity index (χ4n) is 1.67. The number of rotatable bonds is 4. The Balaban J connectivity index is 2.17. The summed E-state index contributed by atoms with van der Waals surface area (Å²) in [7, 11) is 0. The van der Waals surface area contributed by atoms with Gasteiger partial charge < -0.3 is 10.5 Å². The first-order chi connectivity index (χ1) is 8.29. The summed E-state index contributed by atoms with van der Waals surface area (Å²) in [6.45, 7) is 2.08. The van der Waals surface area contributed by atoms with Crippen LogP contribution in [0.15, 0.2) is 54.6 Å². The molecule has 2 rings (SSSR count). The summed E-state index contributed by atoms with van der Waals surface area (Å²) in [5.41, 5.74) is 7.11. The van der Waals surface area contributed by atoms with E-state index in [1.165, 1.54) is 0 Å². The van der Waals surface area contributed by atoms with E-state index in [1.54, 1.807) is 0 Å². The van der Waals surface area contributed by atoms with Crippen LogP contribution in [0.1, 0.15) is 24.9 Å². The third-order valence-electron chi connectivity index (χ3n) is 2.70. The molecule has 0 fully saturated rings. The smallest absolute Gasteiger partial charge is 0.127 e. The maximum absolute atomic E-state index is 6.00. The number of hydrogen-bond donors (Lipinski definition) is 1. The normalized spacial score (nSPS) is 12.1. The number of ether oxygens (including phenoxy) is 1. The third kappa shape index (κ3) is 3.08. The van der Waals surface area contributed by atoms with Crippen molar-refractivity contribution in [3.63, 3.8) is 0 Å². The van der Waals surface area contributed by atoms with Crippen LogP contribution in [0.3, 0.4) is 0 Å². The molecule has 2 heteroatoms. The molecule has 0 radical (unpaired) electrons. The summed E-state index contributed by atoms with van der Waals surface area (Å²) in [5, 5.41) is 0. The van der Waals surface area contributed by atoms with E-state index in [0.717, 1.165) is 23.5 Å². The van der Waals surface area contributed by atoms with Crippen LogP contribution in [0.2, 0.25) is 0 Å². The van der Waals surface area contributed by atoms with Gasteiger partial charge in [-0.3, -0.25) is 0 Å². The molecule has 0 aliphatic carbocycles. The molecule has 0 amide bonds. The Hall–Kier alpha value is -1.80. The lowest BCUT2D eigenvalue weighted by Crippen LogP contribution is -2.08. The first-order valence-corrected chi connectivity index (χ1v) is 5.88. The summed E-state index contributed by atoms with van der Waals surface area (Å²) in [5.74, 6) is 1.67. The van der Waals surface area contributed by atoms with E-state index < -0.39 is 0 Å². The lowest BCUT2D eigenvalue weighted by Gasteiger charge is -2.11. The van der Waals surface area contributed by atoms with Gasteiger partial charge in [0, 0.05) is 6.04 Å². The highest BCUT2D eigenvalue weighted by Gasteiger charge is 2.04. The second kappa shape index (κ2) is 5.51. The Labute approximate surface area is 102 Å². The molecule has 0 unspecified atom stereocenters. The zero-order valence-electron chi connectivity index (χ0n) is 9.97. The molecule has 0 aliphatic rings. The lowest BCUT2D eigenvalue weighted by molar-refractivity contribution is 0.481. The largest absolute Gasteiger partial charge is 0.457 e.